The summed E-state index contributed by atoms with van der Waals surface area (Å²) in [5.41, 5.74) is 5.72. The summed E-state index contributed by atoms with van der Waals surface area (Å²) in [6.07, 6.45) is 2.75. The molecule has 1 aromatic carbocycles. The molecule has 2 unspecified atom stereocenters. The summed E-state index contributed by atoms with van der Waals surface area (Å²) in [6.45, 7) is 0.0671. The molecule has 4 nitrogen and oxygen atoms in total. The molecule has 0 aliphatic heterocycles. The third-order valence-corrected chi connectivity index (χ3v) is 4.20. The van der Waals surface area contributed by atoms with Crippen LogP contribution < -0.4 is 11.1 Å². The number of rotatable bonds is 3. The number of aliphatic hydroxyl groups is 1. The van der Waals surface area contributed by atoms with Crippen LogP contribution in [0.1, 0.15) is 29.6 Å². The molecule has 104 valence electrons. The van der Waals surface area contributed by atoms with E-state index in [1.54, 1.807) is 0 Å². The molecule has 4 N–H and O–H groups in total. The number of nitrogens with two attached hydrogens (primary N) is 1. The van der Waals surface area contributed by atoms with E-state index in [1.807, 2.05) is 0 Å². The summed E-state index contributed by atoms with van der Waals surface area (Å²) < 4.78 is 13.6. The van der Waals surface area contributed by atoms with Gasteiger partial charge in [-0.05, 0) is 40.9 Å². The van der Waals surface area contributed by atoms with E-state index in [0.29, 0.717) is 10.0 Å². The molecule has 0 heterocycles. The predicted octanol–water partition coefficient (Wildman–Crippen LogP) is 2.06. The van der Waals surface area contributed by atoms with E-state index in [2.05, 4.69) is 21.2 Å². The summed E-state index contributed by atoms with van der Waals surface area (Å²) in [5, 5.41) is 12.1. The lowest BCUT2D eigenvalue weighted by molar-refractivity contribution is 0.0915. The fraction of sp³-hybridized carbons (Fsp3) is 0.462. The maximum absolute atomic E-state index is 13.2. The van der Waals surface area contributed by atoms with Crippen LogP contribution >= 0.6 is 15.9 Å². The van der Waals surface area contributed by atoms with Crippen molar-refractivity contribution in [2.24, 2.45) is 5.92 Å². The minimum atomic E-state index is -0.558. The molecule has 2 rings (SSSR count). The van der Waals surface area contributed by atoms with Gasteiger partial charge < -0.3 is 16.2 Å². The summed E-state index contributed by atoms with van der Waals surface area (Å²) in [6, 6.07) is 2.47. The third-order valence-electron chi connectivity index (χ3n) is 3.54. The largest absolute Gasteiger partial charge is 0.396 e. The highest BCUT2D eigenvalue weighted by molar-refractivity contribution is 9.10. The van der Waals surface area contributed by atoms with Gasteiger partial charge in [0.15, 0.2) is 0 Å². The minimum absolute atomic E-state index is 0.0318. The van der Waals surface area contributed by atoms with E-state index < -0.39 is 5.82 Å². The van der Waals surface area contributed by atoms with E-state index >= 15 is 0 Å². The van der Waals surface area contributed by atoms with Gasteiger partial charge in [0.25, 0.3) is 5.91 Å². The Bertz CT molecular complexity index is 496. The van der Waals surface area contributed by atoms with Crippen molar-refractivity contribution in [1.29, 1.82) is 0 Å². The molecule has 1 aromatic rings. The van der Waals surface area contributed by atoms with Gasteiger partial charge in [0.1, 0.15) is 5.82 Å². The van der Waals surface area contributed by atoms with Gasteiger partial charge >= 0.3 is 0 Å². The molecule has 6 heteroatoms. The number of hydrogen-bond acceptors (Lipinski definition) is 3. The first-order valence-electron chi connectivity index (χ1n) is 6.19. The molecule has 1 saturated carbocycles. The fourth-order valence-corrected chi connectivity index (χ4v) is 2.93. The van der Waals surface area contributed by atoms with Crippen molar-refractivity contribution in [3.63, 3.8) is 0 Å². The Morgan fingerprint density at radius 3 is 2.95 bits per heavy atom. The van der Waals surface area contributed by atoms with Gasteiger partial charge in [-0.1, -0.05) is 6.42 Å². The molecule has 1 amide bonds. The van der Waals surface area contributed by atoms with E-state index in [1.165, 1.54) is 12.1 Å². The molecular weight excluding hydrogens is 315 g/mol. The molecule has 0 spiro atoms. The number of carbonyl (C=O) groups is 1. The second kappa shape index (κ2) is 5.88. The van der Waals surface area contributed by atoms with Crippen LogP contribution in [-0.2, 0) is 0 Å². The molecular formula is C13H16BrFN2O2. The Kier molecular flexibility index (Phi) is 4.42. The number of anilines is 1. The summed E-state index contributed by atoms with van der Waals surface area (Å²) in [5.74, 6) is -0.762. The average molecular weight is 331 g/mol. The fourth-order valence-electron chi connectivity index (χ4n) is 2.43. The second-order valence-corrected chi connectivity index (χ2v) is 5.66. The number of benzene rings is 1. The van der Waals surface area contributed by atoms with Crippen molar-refractivity contribution < 1.29 is 14.3 Å². The topological polar surface area (TPSA) is 75.4 Å². The summed E-state index contributed by atoms with van der Waals surface area (Å²) in [4.78, 5) is 12.1. The highest BCUT2D eigenvalue weighted by atomic mass is 79.9. The van der Waals surface area contributed by atoms with Gasteiger partial charge in [0.05, 0.1) is 11.3 Å². The molecule has 2 atom stereocenters. The Morgan fingerprint density at radius 2 is 2.26 bits per heavy atom. The van der Waals surface area contributed by atoms with Crippen molar-refractivity contribution in [3.8, 4) is 0 Å². The number of carbonyl (C=O) groups excluding carboxylic acids is 1. The van der Waals surface area contributed by atoms with Crippen LogP contribution in [0.4, 0.5) is 10.1 Å². The van der Waals surface area contributed by atoms with Crippen molar-refractivity contribution in [3.05, 3.63) is 28.0 Å². The molecule has 0 saturated heterocycles. The molecule has 1 fully saturated rings. The molecule has 0 aromatic heterocycles. The predicted molar refractivity (Wildman–Crippen MR) is 74.2 cm³/mol. The van der Waals surface area contributed by atoms with Crippen molar-refractivity contribution >= 4 is 27.5 Å². The third kappa shape index (κ3) is 3.06. The minimum Gasteiger partial charge on any atom is -0.396 e. The van der Waals surface area contributed by atoms with Crippen LogP contribution in [-0.4, -0.2) is 23.7 Å². The lowest BCUT2D eigenvalue weighted by atomic mass is 10.0. The first-order chi connectivity index (χ1) is 9.02. The molecule has 1 aliphatic rings. The lowest BCUT2D eigenvalue weighted by Gasteiger charge is -2.19. The molecule has 0 radical (unpaired) electrons. The Labute approximate surface area is 119 Å². The monoisotopic (exact) mass is 330 g/mol. The van der Waals surface area contributed by atoms with E-state index in [0.717, 1.165) is 19.3 Å². The van der Waals surface area contributed by atoms with Crippen molar-refractivity contribution in [1.82, 2.24) is 5.32 Å². The summed E-state index contributed by atoms with van der Waals surface area (Å²) >= 11 is 3.16. The smallest absolute Gasteiger partial charge is 0.252 e. The maximum Gasteiger partial charge on any atom is 0.252 e. The average Bonchev–Trinajstić information content (AvgIpc) is 2.80. The van der Waals surface area contributed by atoms with E-state index in [4.69, 9.17) is 5.73 Å². The number of aliphatic hydroxyl groups excluding tert-OH is 1. The summed E-state index contributed by atoms with van der Waals surface area (Å²) in [7, 11) is 0. The Hall–Kier alpha value is -1.14. The number of halogens is 2. The van der Waals surface area contributed by atoms with Crippen LogP contribution in [0.15, 0.2) is 16.6 Å². The highest BCUT2D eigenvalue weighted by Gasteiger charge is 2.28. The van der Waals surface area contributed by atoms with E-state index in [9.17, 15) is 14.3 Å². The molecule has 0 bridgehead atoms. The van der Waals surface area contributed by atoms with Gasteiger partial charge in [0, 0.05) is 23.0 Å². The first-order valence-corrected chi connectivity index (χ1v) is 6.98. The number of amides is 1. The molecule has 1 aliphatic carbocycles. The van der Waals surface area contributed by atoms with Gasteiger partial charge in [-0.25, -0.2) is 4.39 Å². The van der Waals surface area contributed by atoms with Crippen LogP contribution in [0.3, 0.4) is 0 Å². The van der Waals surface area contributed by atoms with Crippen LogP contribution in [0.25, 0.3) is 0 Å². The van der Waals surface area contributed by atoms with Crippen LogP contribution in [0, 0.1) is 11.7 Å². The zero-order chi connectivity index (χ0) is 14.0. The quantitative estimate of drug-likeness (QED) is 0.742. The van der Waals surface area contributed by atoms with Gasteiger partial charge in [-0.3, -0.25) is 4.79 Å². The number of hydrogen-bond donors (Lipinski definition) is 3. The first kappa shape index (κ1) is 14.3. The Balaban J connectivity index is 2.14. The number of nitrogens with one attached hydrogen (secondary N) is 1. The standard InChI is InChI=1S/C13H16BrFN2O2/c14-9-5-10(15)11(16)4-8(9)13(19)17-12-3-1-2-7(12)6-18/h4-5,7,12,18H,1-3,6,16H2,(H,17,19). The SMILES string of the molecule is Nc1cc(C(=O)NC2CCCC2CO)c(Br)cc1F. The maximum atomic E-state index is 13.2. The van der Waals surface area contributed by atoms with Crippen molar-refractivity contribution in [2.75, 3.05) is 12.3 Å². The lowest BCUT2D eigenvalue weighted by Crippen LogP contribution is -2.38. The molecule has 19 heavy (non-hydrogen) atoms. The van der Waals surface area contributed by atoms with Gasteiger partial charge in [0.2, 0.25) is 0 Å². The van der Waals surface area contributed by atoms with E-state index in [-0.39, 0.29) is 30.2 Å². The van der Waals surface area contributed by atoms with Crippen molar-refractivity contribution in [2.45, 2.75) is 25.3 Å². The van der Waals surface area contributed by atoms with Crippen LogP contribution in [0.5, 0.6) is 0 Å². The van der Waals surface area contributed by atoms with Gasteiger partial charge in [-0.15, -0.1) is 0 Å². The number of nitrogen functional groups attached to an aromatic ring is 1. The highest BCUT2D eigenvalue weighted by Crippen LogP contribution is 2.27. The van der Waals surface area contributed by atoms with Crippen LogP contribution in [0.2, 0.25) is 0 Å². The van der Waals surface area contributed by atoms with Gasteiger partial charge in [-0.2, -0.15) is 0 Å². The Morgan fingerprint density at radius 1 is 1.53 bits per heavy atom. The zero-order valence-electron chi connectivity index (χ0n) is 10.3. The normalized spacial score (nSPS) is 22.5. The zero-order valence-corrected chi connectivity index (χ0v) is 11.9. The second-order valence-electron chi connectivity index (χ2n) is 4.81.